The van der Waals surface area contributed by atoms with E-state index in [2.05, 4.69) is 12.1 Å². The van der Waals surface area contributed by atoms with E-state index >= 15 is 4.39 Å². The molecule has 3 heterocycles. The van der Waals surface area contributed by atoms with E-state index in [9.17, 15) is 0 Å². The van der Waals surface area contributed by atoms with Crippen LogP contribution in [0.1, 0.15) is 0 Å². The first-order valence-corrected chi connectivity index (χ1v) is 14.9. The number of halogens is 1. The number of thiophene rings is 1. The molecule has 7 heteroatoms. The Balaban J connectivity index is 1.34. The first-order valence-electron chi connectivity index (χ1n) is 14.1. The van der Waals surface area contributed by atoms with Gasteiger partial charge in [-0.2, -0.15) is 0 Å². The molecule has 0 aliphatic rings. The maximum absolute atomic E-state index is 15.7. The van der Waals surface area contributed by atoms with Crippen molar-refractivity contribution in [3.63, 3.8) is 0 Å². The highest BCUT2D eigenvalue weighted by Crippen LogP contribution is 2.39. The van der Waals surface area contributed by atoms with Crippen LogP contribution in [-0.2, 0) is 0 Å². The fraction of sp³-hybridized carbons (Fsp3) is 0. The molecule has 5 aromatic carbocycles. The molecule has 0 aliphatic heterocycles. The Kier molecular flexibility index (Phi) is 6.43. The van der Waals surface area contributed by atoms with Gasteiger partial charge in [-0.05, 0) is 24.3 Å². The highest BCUT2D eigenvalue weighted by Gasteiger charge is 2.19. The lowest BCUT2D eigenvalue weighted by atomic mass is 10.1. The van der Waals surface area contributed by atoms with Crippen LogP contribution in [0.3, 0.4) is 0 Å². The van der Waals surface area contributed by atoms with Crippen LogP contribution < -0.4 is 0 Å². The summed E-state index contributed by atoms with van der Waals surface area (Å²) >= 11 is 1.68. The fourth-order valence-corrected chi connectivity index (χ4v) is 6.43. The SMILES string of the molecule is Fc1ccc(-c2nc(-c3ccccc3)c3sc4ccccc4c3n2)cc1-c1nc(-c2ccccc2)nc(-c2ccccc2)n1. The quantitative estimate of drug-likeness (QED) is 0.201. The van der Waals surface area contributed by atoms with Crippen LogP contribution in [0.4, 0.5) is 4.39 Å². The number of fused-ring (bicyclic) bond motifs is 3. The van der Waals surface area contributed by atoms with E-state index in [1.165, 1.54) is 6.07 Å². The lowest BCUT2D eigenvalue weighted by Gasteiger charge is -2.11. The highest BCUT2D eigenvalue weighted by atomic mass is 32.1. The van der Waals surface area contributed by atoms with E-state index in [0.717, 1.165) is 42.7 Å². The van der Waals surface area contributed by atoms with Crippen molar-refractivity contribution in [1.29, 1.82) is 0 Å². The van der Waals surface area contributed by atoms with Gasteiger partial charge in [0.2, 0.25) is 0 Å². The Morgan fingerprint density at radius 1 is 0.455 bits per heavy atom. The second kappa shape index (κ2) is 10.9. The molecule has 0 spiro atoms. The molecule has 3 aromatic heterocycles. The van der Waals surface area contributed by atoms with E-state index in [0.29, 0.717) is 23.0 Å². The summed E-state index contributed by atoms with van der Waals surface area (Å²) in [6.07, 6.45) is 0. The van der Waals surface area contributed by atoms with Crippen LogP contribution in [0.5, 0.6) is 0 Å². The summed E-state index contributed by atoms with van der Waals surface area (Å²) in [6.45, 7) is 0. The summed E-state index contributed by atoms with van der Waals surface area (Å²) in [5.74, 6) is 1.23. The summed E-state index contributed by atoms with van der Waals surface area (Å²) in [5.41, 5.74) is 5.26. The number of hydrogen-bond donors (Lipinski definition) is 0. The van der Waals surface area contributed by atoms with Crippen molar-refractivity contribution in [2.45, 2.75) is 0 Å². The maximum atomic E-state index is 15.7. The molecule has 0 saturated heterocycles. The standard InChI is InChI=1S/C37H22FN5S/c38-29-21-20-26(36-39-31(23-12-4-1-5-13-23)33-32(40-36)27-18-10-11-19-30(27)44-33)22-28(29)37-42-34(24-14-6-2-7-15-24)41-35(43-37)25-16-8-3-9-17-25/h1-22H. The molecule has 0 atom stereocenters. The van der Waals surface area contributed by atoms with Crippen LogP contribution in [-0.4, -0.2) is 24.9 Å². The maximum Gasteiger partial charge on any atom is 0.167 e. The average molecular weight is 588 g/mol. The summed E-state index contributed by atoms with van der Waals surface area (Å²) in [4.78, 5) is 24.3. The van der Waals surface area contributed by atoms with Gasteiger partial charge < -0.3 is 0 Å². The second-order valence-electron chi connectivity index (χ2n) is 10.3. The van der Waals surface area contributed by atoms with Gasteiger partial charge in [-0.15, -0.1) is 11.3 Å². The van der Waals surface area contributed by atoms with E-state index in [1.807, 2.05) is 103 Å². The van der Waals surface area contributed by atoms with Crippen molar-refractivity contribution in [1.82, 2.24) is 24.9 Å². The topological polar surface area (TPSA) is 64.5 Å². The molecular weight excluding hydrogens is 566 g/mol. The van der Waals surface area contributed by atoms with Gasteiger partial charge in [-0.1, -0.05) is 109 Å². The van der Waals surface area contributed by atoms with Gasteiger partial charge >= 0.3 is 0 Å². The predicted octanol–water partition coefficient (Wildman–Crippen LogP) is 9.50. The van der Waals surface area contributed by atoms with E-state index in [4.69, 9.17) is 24.9 Å². The molecule has 0 bridgehead atoms. The fourth-order valence-electron chi connectivity index (χ4n) is 5.28. The van der Waals surface area contributed by atoms with Crippen molar-refractivity contribution in [3.05, 3.63) is 139 Å². The minimum absolute atomic E-state index is 0.238. The van der Waals surface area contributed by atoms with E-state index in [-0.39, 0.29) is 11.4 Å². The Morgan fingerprint density at radius 3 is 1.66 bits per heavy atom. The van der Waals surface area contributed by atoms with Crippen molar-refractivity contribution in [2.24, 2.45) is 0 Å². The van der Waals surface area contributed by atoms with Gasteiger partial charge in [-0.25, -0.2) is 29.3 Å². The van der Waals surface area contributed by atoms with Crippen molar-refractivity contribution in [2.75, 3.05) is 0 Å². The zero-order valence-corrected chi connectivity index (χ0v) is 24.0. The van der Waals surface area contributed by atoms with E-state index < -0.39 is 5.82 Å². The van der Waals surface area contributed by atoms with Gasteiger partial charge in [0.15, 0.2) is 23.3 Å². The molecule has 8 aromatic rings. The van der Waals surface area contributed by atoms with Crippen LogP contribution >= 0.6 is 11.3 Å². The largest absolute Gasteiger partial charge is 0.226 e. The summed E-state index contributed by atoms with van der Waals surface area (Å²) in [7, 11) is 0. The Bertz CT molecular complexity index is 2230. The molecule has 0 amide bonds. The van der Waals surface area contributed by atoms with Crippen LogP contribution in [0.25, 0.3) is 77.1 Å². The Morgan fingerprint density at radius 2 is 1.00 bits per heavy atom. The molecule has 0 saturated carbocycles. The third kappa shape index (κ3) is 4.69. The molecule has 0 fully saturated rings. The predicted molar refractivity (Wildman–Crippen MR) is 175 cm³/mol. The minimum atomic E-state index is -0.441. The minimum Gasteiger partial charge on any atom is -0.226 e. The normalized spacial score (nSPS) is 11.3. The zero-order chi connectivity index (χ0) is 29.5. The lowest BCUT2D eigenvalue weighted by Crippen LogP contribution is -2.02. The molecule has 5 nitrogen and oxygen atoms in total. The lowest BCUT2D eigenvalue weighted by molar-refractivity contribution is 0.630. The molecular formula is C37H22FN5S. The molecule has 208 valence electrons. The number of benzene rings is 5. The molecule has 0 N–H and O–H groups in total. The summed E-state index contributed by atoms with van der Waals surface area (Å²) < 4.78 is 17.8. The highest BCUT2D eigenvalue weighted by molar-refractivity contribution is 7.26. The average Bonchev–Trinajstić information content (AvgIpc) is 3.48. The molecule has 0 radical (unpaired) electrons. The molecule has 0 unspecified atom stereocenters. The molecule has 44 heavy (non-hydrogen) atoms. The zero-order valence-electron chi connectivity index (χ0n) is 23.2. The van der Waals surface area contributed by atoms with Gasteiger partial charge in [0.25, 0.3) is 0 Å². The van der Waals surface area contributed by atoms with Gasteiger partial charge in [0.05, 0.1) is 21.5 Å². The molecule has 0 aliphatic carbocycles. The van der Waals surface area contributed by atoms with Crippen LogP contribution in [0, 0.1) is 5.82 Å². The van der Waals surface area contributed by atoms with Crippen molar-refractivity contribution >= 4 is 31.6 Å². The number of aromatic nitrogens is 5. The Labute approximate surface area is 256 Å². The van der Waals surface area contributed by atoms with Gasteiger partial charge in [-0.3, -0.25) is 0 Å². The third-order valence-electron chi connectivity index (χ3n) is 7.43. The van der Waals surface area contributed by atoms with E-state index in [1.54, 1.807) is 23.5 Å². The van der Waals surface area contributed by atoms with Crippen LogP contribution in [0.2, 0.25) is 0 Å². The monoisotopic (exact) mass is 587 g/mol. The van der Waals surface area contributed by atoms with Gasteiger partial charge in [0.1, 0.15) is 5.82 Å². The smallest absolute Gasteiger partial charge is 0.167 e. The molecule has 8 rings (SSSR count). The summed E-state index contributed by atoms with van der Waals surface area (Å²) in [5, 5.41) is 1.06. The number of nitrogens with zero attached hydrogens (tertiary/aromatic N) is 5. The van der Waals surface area contributed by atoms with Gasteiger partial charge in [0, 0.05) is 32.3 Å². The first-order chi connectivity index (χ1) is 21.7. The van der Waals surface area contributed by atoms with Crippen molar-refractivity contribution in [3.8, 4) is 56.8 Å². The number of hydrogen-bond acceptors (Lipinski definition) is 6. The third-order valence-corrected chi connectivity index (χ3v) is 8.60. The van der Waals surface area contributed by atoms with Crippen LogP contribution in [0.15, 0.2) is 133 Å². The number of rotatable bonds is 5. The first kappa shape index (κ1) is 26.0. The summed E-state index contributed by atoms with van der Waals surface area (Å²) in [6, 6.07) is 42.5. The second-order valence-corrected chi connectivity index (χ2v) is 11.3. The Hall–Kier alpha value is -5.66. The van der Waals surface area contributed by atoms with Crippen molar-refractivity contribution < 1.29 is 4.39 Å².